The zero-order chi connectivity index (χ0) is 18.4. The van der Waals surface area contributed by atoms with Gasteiger partial charge in [0, 0.05) is 18.8 Å². The lowest BCUT2D eigenvalue weighted by atomic mass is 10.1. The molecule has 1 atom stereocenters. The average Bonchev–Trinajstić information content (AvgIpc) is 2.92. The molecule has 0 aliphatic heterocycles. The molecule has 4 N–H and O–H groups in total. The summed E-state index contributed by atoms with van der Waals surface area (Å²) in [6, 6.07) is 0. The number of nitrogens with two attached hydrogens (primary N) is 1. The van der Waals surface area contributed by atoms with E-state index in [-0.39, 0.29) is 6.17 Å². The van der Waals surface area contributed by atoms with Gasteiger partial charge in [0.2, 0.25) is 0 Å². The van der Waals surface area contributed by atoms with Crippen molar-refractivity contribution in [3.8, 4) is 0 Å². The summed E-state index contributed by atoms with van der Waals surface area (Å²) in [6.45, 7) is 4.27. The molecule has 142 valence electrons. The van der Waals surface area contributed by atoms with Gasteiger partial charge in [-0.05, 0) is 13.3 Å². The van der Waals surface area contributed by atoms with Crippen molar-refractivity contribution in [1.29, 1.82) is 0 Å². The van der Waals surface area contributed by atoms with Crippen molar-refractivity contribution in [3.05, 3.63) is 18.2 Å². The first-order chi connectivity index (χ1) is 11.3. The van der Waals surface area contributed by atoms with Crippen LogP contribution in [0.15, 0.2) is 12.4 Å². The normalized spacial score (nSPS) is 12.5. The summed E-state index contributed by atoms with van der Waals surface area (Å²) in [4.78, 5) is 4.39. The first-order valence-electron chi connectivity index (χ1n) is 8.72. The van der Waals surface area contributed by atoms with Crippen molar-refractivity contribution in [2.24, 2.45) is 5.73 Å². The van der Waals surface area contributed by atoms with Gasteiger partial charge in [-0.1, -0.05) is 58.3 Å². The highest BCUT2D eigenvalue weighted by Gasteiger charge is 2.05. The summed E-state index contributed by atoms with van der Waals surface area (Å²) in [5.74, 6) is 1.14. The van der Waals surface area contributed by atoms with Gasteiger partial charge in [0.05, 0.1) is 6.17 Å². The summed E-state index contributed by atoms with van der Waals surface area (Å²) < 4.78 is 33.7. The molecule has 0 aliphatic carbocycles. The highest BCUT2D eigenvalue weighted by atomic mass is 32.3. The van der Waals surface area contributed by atoms with E-state index in [9.17, 15) is 0 Å². The maximum Gasteiger partial charge on any atom is 0.394 e. The Hall–Kier alpha value is -0.960. The van der Waals surface area contributed by atoms with E-state index in [1.165, 1.54) is 57.8 Å². The Bertz CT molecular complexity index is 507. The lowest BCUT2D eigenvalue weighted by Gasteiger charge is -2.11. The fourth-order valence-corrected chi connectivity index (χ4v) is 2.50. The Labute approximate surface area is 146 Å². The van der Waals surface area contributed by atoms with E-state index in [2.05, 4.69) is 16.5 Å². The van der Waals surface area contributed by atoms with Crippen LogP contribution in [0.25, 0.3) is 0 Å². The van der Waals surface area contributed by atoms with Crippen LogP contribution < -0.4 is 5.73 Å². The number of aromatic nitrogens is 2. The minimum Gasteiger partial charge on any atom is -0.319 e. The van der Waals surface area contributed by atoms with Crippen LogP contribution in [0.1, 0.15) is 83.6 Å². The van der Waals surface area contributed by atoms with Gasteiger partial charge < -0.3 is 10.3 Å². The Morgan fingerprint density at radius 3 is 2.00 bits per heavy atom. The molecule has 0 aromatic carbocycles. The number of aryl methyl sites for hydroxylation is 1. The first-order valence-corrected chi connectivity index (χ1v) is 10.1. The molecular weight excluding hydrogens is 330 g/mol. The average molecular weight is 364 g/mol. The molecule has 0 saturated heterocycles. The lowest BCUT2D eigenvalue weighted by Crippen LogP contribution is -2.16. The molecule has 0 radical (unpaired) electrons. The van der Waals surface area contributed by atoms with Crippen LogP contribution in [0.4, 0.5) is 0 Å². The predicted molar refractivity (Wildman–Crippen MR) is 96.2 cm³/mol. The molecule has 0 saturated carbocycles. The lowest BCUT2D eigenvalue weighted by molar-refractivity contribution is 0.381. The predicted octanol–water partition coefficient (Wildman–Crippen LogP) is 3.78. The Balaban J connectivity index is 0.000000922. The van der Waals surface area contributed by atoms with E-state index < -0.39 is 10.4 Å². The maximum absolute atomic E-state index is 8.74. The summed E-state index contributed by atoms with van der Waals surface area (Å²) in [5, 5.41) is 0. The van der Waals surface area contributed by atoms with Gasteiger partial charge in [-0.2, -0.15) is 8.42 Å². The van der Waals surface area contributed by atoms with Crippen molar-refractivity contribution >= 4 is 10.4 Å². The fourth-order valence-electron chi connectivity index (χ4n) is 2.50. The minimum atomic E-state index is -4.67. The zero-order valence-corrected chi connectivity index (χ0v) is 15.7. The number of hydrogen-bond acceptors (Lipinski definition) is 4. The van der Waals surface area contributed by atoms with E-state index in [0.29, 0.717) is 0 Å². The Morgan fingerprint density at radius 1 is 1.08 bits per heavy atom. The summed E-state index contributed by atoms with van der Waals surface area (Å²) >= 11 is 0. The second-order valence-electron chi connectivity index (χ2n) is 6.02. The zero-order valence-electron chi connectivity index (χ0n) is 14.9. The van der Waals surface area contributed by atoms with Gasteiger partial charge in [-0.3, -0.25) is 9.11 Å². The molecule has 1 aromatic heterocycles. The molecule has 24 heavy (non-hydrogen) atoms. The topological polar surface area (TPSA) is 118 Å². The molecule has 1 unspecified atom stereocenters. The molecule has 1 heterocycles. The quantitative estimate of drug-likeness (QED) is 0.406. The van der Waals surface area contributed by atoms with E-state index in [1.54, 1.807) is 0 Å². The SMILES string of the molecule is CCCCCCCCCCCc1nccn1C(C)N.O=S(=O)(O)O. The highest BCUT2D eigenvalue weighted by Crippen LogP contribution is 2.12. The van der Waals surface area contributed by atoms with E-state index >= 15 is 0 Å². The van der Waals surface area contributed by atoms with Crippen LogP contribution in [0.5, 0.6) is 0 Å². The van der Waals surface area contributed by atoms with Gasteiger partial charge >= 0.3 is 10.4 Å². The van der Waals surface area contributed by atoms with E-state index in [1.807, 2.05) is 19.3 Å². The van der Waals surface area contributed by atoms with Crippen LogP contribution in [-0.4, -0.2) is 27.1 Å². The molecular formula is C16H33N3O4S. The maximum atomic E-state index is 8.74. The van der Waals surface area contributed by atoms with Crippen molar-refractivity contribution in [2.75, 3.05) is 0 Å². The third-order valence-corrected chi connectivity index (χ3v) is 3.69. The standard InChI is InChI=1S/C16H31N3.H2O4S/c1-3-4-5-6-7-8-9-10-11-12-16-18-13-14-19(16)15(2)17;1-5(2,3)4/h13-15H,3-12,17H2,1-2H3;(H2,1,2,3,4). The Morgan fingerprint density at radius 2 is 1.54 bits per heavy atom. The molecule has 0 spiro atoms. The number of nitrogens with zero attached hydrogens (tertiary/aromatic N) is 2. The van der Waals surface area contributed by atoms with Crippen LogP contribution in [0, 0.1) is 0 Å². The molecule has 8 heteroatoms. The second-order valence-corrected chi connectivity index (χ2v) is 6.91. The number of imidazole rings is 1. The van der Waals surface area contributed by atoms with Gasteiger partial charge in [-0.15, -0.1) is 0 Å². The molecule has 0 fully saturated rings. The van der Waals surface area contributed by atoms with Crippen molar-refractivity contribution in [1.82, 2.24) is 9.55 Å². The smallest absolute Gasteiger partial charge is 0.319 e. The fraction of sp³-hybridized carbons (Fsp3) is 0.812. The molecule has 1 rings (SSSR count). The van der Waals surface area contributed by atoms with Crippen LogP contribution >= 0.6 is 0 Å². The summed E-state index contributed by atoms with van der Waals surface area (Å²) in [7, 11) is -4.67. The third-order valence-electron chi connectivity index (χ3n) is 3.69. The van der Waals surface area contributed by atoms with Crippen molar-refractivity contribution < 1.29 is 17.5 Å². The van der Waals surface area contributed by atoms with Gasteiger partial charge in [0.15, 0.2) is 0 Å². The van der Waals surface area contributed by atoms with Crippen LogP contribution in [-0.2, 0) is 16.8 Å². The number of hydrogen-bond donors (Lipinski definition) is 3. The molecule has 1 aromatic rings. The molecule has 0 bridgehead atoms. The monoisotopic (exact) mass is 363 g/mol. The van der Waals surface area contributed by atoms with Gasteiger partial charge in [0.1, 0.15) is 5.82 Å². The van der Waals surface area contributed by atoms with Gasteiger partial charge in [-0.25, -0.2) is 4.98 Å². The van der Waals surface area contributed by atoms with Crippen LogP contribution in [0.3, 0.4) is 0 Å². The highest BCUT2D eigenvalue weighted by molar-refractivity contribution is 7.79. The third kappa shape index (κ3) is 14.6. The van der Waals surface area contributed by atoms with Crippen molar-refractivity contribution in [3.63, 3.8) is 0 Å². The van der Waals surface area contributed by atoms with Gasteiger partial charge in [0.25, 0.3) is 0 Å². The second kappa shape index (κ2) is 13.3. The van der Waals surface area contributed by atoms with Crippen LogP contribution in [0.2, 0.25) is 0 Å². The summed E-state index contributed by atoms with van der Waals surface area (Å²) in [6.07, 6.45) is 17.2. The largest absolute Gasteiger partial charge is 0.394 e. The van der Waals surface area contributed by atoms with E-state index in [0.717, 1.165) is 12.2 Å². The number of rotatable bonds is 11. The van der Waals surface area contributed by atoms with Crippen molar-refractivity contribution in [2.45, 2.75) is 84.2 Å². The summed E-state index contributed by atoms with van der Waals surface area (Å²) in [5.41, 5.74) is 5.89. The first kappa shape index (κ1) is 23.0. The van der Waals surface area contributed by atoms with E-state index in [4.69, 9.17) is 23.3 Å². The molecule has 7 nitrogen and oxygen atoms in total. The minimum absolute atomic E-state index is 0.0380. The molecule has 0 amide bonds. The number of unbranched alkanes of at least 4 members (excludes halogenated alkanes) is 8. The molecule has 0 aliphatic rings. The Kier molecular flexibility index (Phi) is 12.8.